The third kappa shape index (κ3) is 10.6. The highest BCUT2D eigenvalue weighted by Gasteiger charge is 2.25. The van der Waals surface area contributed by atoms with Crippen LogP contribution in [0.1, 0.15) is 52.0 Å². The van der Waals surface area contributed by atoms with Gasteiger partial charge in [-0.3, -0.25) is 0 Å². The van der Waals surface area contributed by atoms with Crippen LogP contribution in [0, 0.1) is 5.92 Å². The number of rotatable bonds is 10. The molecule has 1 aliphatic heterocycles. The molecule has 0 bridgehead atoms. The number of piperidine rings is 1. The van der Waals surface area contributed by atoms with E-state index in [0.717, 1.165) is 31.2 Å². The van der Waals surface area contributed by atoms with Crippen LogP contribution in [0.15, 0.2) is 30.3 Å². The summed E-state index contributed by atoms with van der Waals surface area (Å²) in [4.78, 5) is 37.1. The highest BCUT2D eigenvalue weighted by molar-refractivity contribution is 5.80. The maximum atomic E-state index is 12.2. The molecule has 0 radical (unpaired) electrons. The zero-order valence-electron chi connectivity index (χ0n) is 19.7. The molecule has 33 heavy (non-hydrogen) atoms. The Morgan fingerprint density at radius 2 is 1.82 bits per heavy atom. The quantitative estimate of drug-likeness (QED) is 0.506. The minimum absolute atomic E-state index is 0.125. The summed E-state index contributed by atoms with van der Waals surface area (Å²) in [5.74, 6) is -0.686. The molecule has 9 nitrogen and oxygen atoms in total. The third-order valence-electron chi connectivity index (χ3n) is 5.25. The Morgan fingerprint density at radius 1 is 1.15 bits per heavy atom. The normalized spacial score (nSPS) is 15.5. The van der Waals surface area contributed by atoms with Crippen molar-refractivity contribution in [1.29, 1.82) is 0 Å². The predicted octanol–water partition coefficient (Wildman–Crippen LogP) is 3.81. The number of carbonyl (C=O) groups is 3. The molecule has 1 aromatic carbocycles. The van der Waals surface area contributed by atoms with Crippen LogP contribution >= 0.6 is 0 Å². The molecule has 0 aliphatic carbocycles. The Kier molecular flexibility index (Phi) is 10.4. The summed E-state index contributed by atoms with van der Waals surface area (Å²) in [5.41, 5.74) is 0.259. The van der Waals surface area contributed by atoms with E-state index in [1.165, 1.54) is 0 Å². The largest absolute Gasteiger partial charge is 0.480 e. The molecule has 2 amide bonds. The Labute approximate surface area is 195 Å². The van der Waals surface area contributed by atoms with Gasteiger partial charge < -0.3 is 29.5 Å². The maximum Gasteiger partial charge on any atom is 0.410 e. The summed E-state index contributed by atoms with van der Waals surface area (Å²) in [6.45, 7) is 7.00. The minimum Gasteiger partial charge on any atom is -0.480 e. The minimum atomic E-state index is -1.17. The number of nitrogens with zero attached hydrogens (tertiary/aromatic N) is 1. The first-order valence-electron chi connectivity index (χ1n) is 11.4. The van der Waals surface area contributed by atoms with Gasteiger partial charge in [0.1, 0.15) is 12.2 Å². The molecule has 2 rings (SSSR count). The maximum absolute atomic E-state index is 12.2. The van der Waals surface area contributed by atoms with Crippen LogP contribution in [0.3, 0.4) is 0 Å². The number of carboxylic acid groups (broad SMARTS) is 1. The number of hydrogen-bond donors (Lipinski definition) is 2. The molecule has 0 spiro atoms. The first-order chi connectivity index (χ1) is 15.6. The van der Waals surface area contributed by atoms with E-state index in [1.54, 1.807) is 25.7 Å². The fourth-order valence-electron chi connectivity index (χ4n) is 3.51. The zero-order chi connectivity index (χ0) is 24.3. The van der Waals surface area contributed by atoms with E-state index in [-0.39, 0.29) is 19.3 Å². The summed E-state index contributed by atoms with van der Waals surface area (Å²) in [6, 6.07) is 8.44. The Morgan fingerprint density at radius 3 is 2.42 bits per heavy atom. The summed E-state index contributed by atoms with van der Waals surface area (Å²) in [5, 5.41) is 11.6. The van der Waals surface area contributed by atoms with Crippen LogP contribution in [-0.4, -0.2) is 66.1 Å². The van der Waals surface area contributed by atoms with E-state index < -0.39 is 23.7 Å². The number of hydrogen-bond acceptors (Lipinski definition) is 6. The number of carboxylic acids is 1. The highest BCUT2D eigenvalue weighted by Crippen LogP contribution is 2.22. The van der Waals surface area contributed by atoms with Crippen molar-refractivity contribution in [3.05, 3.63) is 35.9 Å². The number of amides is 2. The second kappa shape index (κ2) is 13.0. The van der Waals surface area contributed by atoms with Gasteiger partial charge in [0, 0.05) is 19.7 Å². The summed E-state index contributed by atoms with van der Waals surface area (Å²) < 4.78 is 16.0. The first-order valence-corrected chi connectivity index (χ1v) is 11.4. The Balaban J connectivity index is 1.58. The molecule has 1 fully saturated rings. The van der Waals surface area contributed by atoms with Gasteiger partial charge in [0.05, 0.1) is 6.61 Å². The molecule has 1 heterocycles. The van der Waals surface area contributed by atoms with Gasteiger partial charge in [0.25, 0.3) is 0 Å². The molecule has 9 heteroatoms. The monoisotopic (exact) mass is 464 g/mol. The van der Waals surface area contributed by atoms with Gasteiger partial charge >= 0.3 is 18.2 Å². The molecule has 0 unspecified atom stereocenters. The molecule has 2 N–H and O–H groups in total. The van der Waals surface area contributed by atoms with Crippen molar-refractivity contribution in [3.63, 3.8) is 0 Å². The van der Waals surface area contributed by atoms with E-state index in [1.807, 2.05) is 30.3 Å². The third-order valence-corrected chi connectivity index (χ3v) is 5.25. The van der Waals surface area contributed by atoms with E-state index in [4.69, 9.17) is 14.2 Å². The van der Waals surface area contributed by atoms with Crippen molar-refractivity contribution in [3.8, 4) is 0 Å². The van der Waals surface area contributed by atoms with Gasteiger partial charge in [-0.05, 0) is 57.9 Å². The van der Waals surface area contributed by atoms with Gasteiger partial charge in [-0.15, -0.1) is 0 Å². The van der Waals surface area contributed by atoms with E-state index in [0.29, 0.717) is 25.6 Å². The van der Waals surface area contributed by atoms with Gasteiger partial charge in [-0.25, -0.2) is 14.4 Å². The van der Waals surface area contributed by atoms with Gasteiger partial charge in [0.2, 0.25) is 0 Å². The number of ether oxygens (including phenoxy) is 3. The van der Waals surface area contributed by atoms with Crippen LogP contribution in [0.25, 0.3) is 0 Å². The van der Waals surface area contributed by atoms with Crippen molar-refractivity contribution >= 4 is 18.2 Å². The van der Waals surface area contributed by atoms with Gasteiger partial charge in [0.15, 0.2) is 6.04 Å². The fraction of sp³-hybridized carbons (Fsp3) is 0.625. The molecule has 1 saturated heterocycles. The van der Waals surface area contributed by atoms with Crippen molar-refractivity contribution in [1.82, 2.24) is 10.2 Å². The molecule has 0 aromatic heterocycles. The number of aliphatic carboxylic acids is 1. The van der Waals surface area contributed by atoms with Gasteiger partial charge in [-0.1, -0.05) is 30.3 Å². The Bertz CT molecular complexity index is 756. The fourth-order valence-corrected chi connectivity index (χ4v) is 3.51. The van der Waals surface area contributed by atoms with Crippen LogP contribution in [0.5, 0.6) is 0 Å². The number of alkyl carbamates (subject to hydrolysis) is 1. The van der Waals surface area contributed by atoms with Crippen LogP contribution < -0.4 is 5.32 Å². The molecular formula is C24H36N2O7. The molecule has 1 aliphatic rings. The second-order valence-corrected chi connectivity index (χ2v) is 9.22. The van der Waals surface area contributed by atoms with Crippen molar-refractivity contribution in [2.24, 2.45) is 5.92 Å². The molecular weight excluding hydrogens is 428 g/mol. The summed E-state index contributed by atoms with van der Waals surface area (Å²) in [6.07, 6.45) is 2.45. The molecule has 0 saturated carbocycles. The number of benzene rings is 1. The zero-order valence-corrected chi connectivity index (χ0v) is 19.7. The van der Waals surface area contributed by atoms with Crippen LogP contribution in [0.4, 0.5) is 9.59 Å². The lowest BCUT2D eigenvalue weighted by Crippen LogP contribution is -2.46. The van der Waals surface area contributed by atoms with Crippen LogP contribution in [-0.2, 0) is 25.6 Å². The lowest BCUT2D eigenvalue weighted by Gasteiger charge is -2.31. The van der Waals surface area contributed by atoms with Gasteiger partial charge in [-0.2, -0.15) is 0 Å². The summed E-state index contributed by atoms with van der Waals surface area (Å²) >= 11 is 0. The smallest absolute Gasteiger partial charge is 0.410 e. The van der Waals surface area contributed by atoms with E-state index in [2.05, 4.69) is 5.32 Å². The van der Waals surface area contributed by atoms with Crippen molar-refractivity contribution in [2.45, 2.75) is 64.7 Å². The predicted molar refractivity (Wildman–Crippen MR) is 122 cm³/mol. The number of likely N-dealkylation sites (tertiary alicyclic amines) is 1. The van der Waals surface area contributed by atoms with Crippen molar-refractivity contribution in [2.75, 3.05) is 26.3 Å². The van der Waals surface area contributed by atoms with Crippen LogP contribution in [0.2, 0.25) is 0 Å². The molecule has 184 valence electrons. The van der Waals surface area contributed by atoms with E-state index in [9.17, 15) is 19.5 Å². The van der Waals surface area contributed by atoms with E-state index >= 15 is 0 Å². The Hall–Kier alpha value is -2.81. The lowest BCUT2D eigenvalue weighted by atomic mass is 9.92. The average Bonchev–Trinajstić information content (AvgIpc) is 2.76. The average molecular weight is 465 g/mol. The number of carbonyl (C=O) groups excluding carboxylic acids is 2. The molecule has 1 atom stereocenters. The standard InChI is InChI=1S/C24H36N2O7/c1-24(2,3)33-22(29)25-20(21(27)28)17-31-15-7-10-18-11-13-26(14-12-18)23(30)32-16-19-8-5-4-6-9-19/h4-6,8-9,18,20H,7,10-17H2,1-3H3,(H,25,29)(H,27,28)/t20-/m1/s1. The molecule has 1 aromatic rings. The lowest BCUT2D eigenvalue weighted by molar-refractivity contribution is -0.141. The SMILES string of the molecule is CC(C)(C)OC(=O)N[C@H](COCCCC1CCN(C(=O)OCc2ccccc2)CC1)C(=O)O. The number of nitrogens with one attached hydrogen (secondary N) is 1. The van der Waals surface area contributed by atoms with Crippen molar-refractivity contribution < 1.29 is 33.7 Å². The first kappa shape index (κ1) is 26.4. The second-order valence-electron chi connectivity index (χ2n) is 9.22. The topological polar surface area (TPSA) is 114 Å². The highest BCUT2D eigenvalue weighted by atomic mass is 16.6. The summed E-state index contributed by atoms with van der Waals surface area (Å²) in [7, 11) is 0.